The number of H-pyrrole nitrogens is 1. The number of hydrogen-bond acceptors (Lipinski definition) is 1. The van der Waals surface area contributed by atoms with Gasteiger partial charge in [0.2, 0.25) is 0 Å². The molecule has 0 saturated carbocycles. The zero-order valence-corrected chi connectivity index (χ0v) is 15.8. The first-order valence-electron chi connectivity index (χ1n) is 9.34. The van der Waals surface area contributed by atoms with Gasteiger partial charge >= 0.3 is 6.18 Å². The van der Waals surface area contributed by atoms with Gasteiger partial charge in [0.25, 0.3) is 0 Å². The van der Waals surface area contributed by atoms with Crippen LogP contribution in [0.2, 0.25) is 0 Å². The molecule has 1 N–H and O–H groups in total. The summed E-state index contributed by atoms with van der Waals surface area (Å²) >= 11 is 0. The fourth-order valence-electron chi connectivity index (χ4n) is 3.82. The third-order valence-electron chi connectivity index (χ3n) is 5.26. The second-order valence-corrected chi connectivity index (χ2v) is 7.18. The molecule has 0 unspecified atom stereocenters. The average Bonchev–Trinajstić information content (AvgIpc) is 3.33. The largest absolute Gasteiger partial charge is 0.416 e. The van der Waals surface area contributed by atoms with Crippen molar-refractivity contribution in [1.82, 2.24) is 4.98 Å². The lowest BCUT2D eigenvalue weighted by atomic mass is 9.89. The Kier molecular flexibility index (Phi) is 4.28. The van der Waals surface area contributed by atoms with Gasteiger partial charge in [-0.05, 0) is 54.1 Å². The van der Waals surface area contributed by atoms with Gasteiger partial charge in [-0.3, -0.25) is 4.99 Å². The Labute approximate surface area is 173 Å². The van der Waals surface area contributed by atoms with E-state index >= 15 is 0 Å². The van der Waals surface area contributed by atoms with E-state index in [4.69, 9.17) is 0 Å². The molecular formula is C24H13F5N2. The van der Waals surface area contributed by atoms with E-state index in [1.807, 2.05) is 0 Å². The molecule has 7 heteroatoms. The number of aliphatic imine (C=N–C) groups is 1. The molecule has 1 aliphatic rings. The van der Waals surface area contributed by atoms with Gasteiger partial charge < -0.3 is 4.98 Å². The van der Waals surface area contributed by atoms with Crippen LogP contribution < -0.4 is 0 Å². The van der Waals surface area contributed by atoms with Crippen LogP contribution in [0.4, 0.5) is 27.6 Å². The van der Waals surface area contributed by atoms with Crippen molar-refractivity contribution >= 4 is 34.0 Å². The molecule has 0 fully saturated rings. The predicted molar refractivity (Wildman–Crippen MR) is 110 cm³/mol. The number of nitrogens with one attached hydrogen (secondary N) is 1. The number of rotatable bonds is 2. The highest BCUT2D eigenvalue weighted by Crippen LogP contribution is 2.42. The molecule has 3 aromatic carbocycles. The zero-order valence-electron chi connectivity index (χ0n) is 15.8. The summed E-state index contributed by atoms with van der Waals surface area (Å²) in [7, 11) is 0. The first kappa shape index (κ1) is 19.2. The molecule has 0 aliphatic carbocycles. The number of benzene rings is 3. The smallest absolute Gasteiger partial charge is 0.361 e. The van der Waals surface area contributed by atoms with Crippen molar-refractivity contribution in [3.8, 4) is 0 Å². The fourth-order valence-corrected chi connectivity index (χ4v) is 3.82. The third kappa shape index (κ3) is 3.32. The Morgan fingerprint density at radius 1 is 0.839 bits per heavy atom. The molecular weight excluding hydrogens is 411 g/mol. The van der Waals surface area contributed by atoms with Gasteiger partial charge in [-0.1, -0.05) is 12.1 Å². The molecule has 31 heavy (non-hydrogen) atoms. The van der Waals surface area contributed by atoms with Gasteiger partial charge in [-0.15, -0.1) is 0 Å². The van der Waals surface area contributed by atoms with Gasteiger partial charge in [0.1, 0.15) is 11.6 Å². The Bertz CT molecular complexity index is 1380. The molecule has 0 radical (unpaired) electrons. The lowest BCUT2D eigenvalue weighted by Crippen LogP contribution is -2.04. The molecule has 0 spiro atoms. The number of aromatic nitrogens is 1. The van der Waals surface area contributed by atoms with Crippen LogP contribution in [0.1, 0.15) is 22.3 Å². The number of alkyl halides is 3. The molecule has 0 amide bonds. The Morgan fingerprint density at radius 3 is 2.29 bits per heavy atom. The van der Waals surface area contributed by atoms with Crippen molar-refractivity contribution in [3.63, 3.8) is 0 Å². The summed E-state index contributed by atoms with van der Waals surface area (Å²) in [6, 6.07) is 13.1. The fraction of sp³-hybridized carbons (Fsp3) is 0.0417. The molecule has 0 bridgehead atoms. The Hall–Kier alpha value is -3.74. The number of nitrogens with zero attached hydrogens (tertiary/aromatic N) is 1. The predicted octanol–water partition coefficient (Wildman–Crippen LogP) is 7.14. The SMILES string of the molecule is Fc1ccc2c(c1)/C(=C(/c1ccc(C(F)(F)F)cc1)c1c[nH]c3ccc(F)cc13)C=N2. The first-order valence-corrected chi connectivity index (χ1v) is 9.34. The van der Waals surface area contributed by atoms with Crippen LogP contribution in [-0.4, -0.2) is 11.2 Å². The van der Waals surface area contributed by atoms with E-state index < -0.39 is 23.4 Å². The molecule has 0 atom stereocenters. The highest BCUT2D eigenvalue weighted by Gasteiger charge is 2.30. The summed E-state index contributed by atoms with van der Waals surface area (Å²) in [5, 5.41) is 0.556. The second-order valence-electron chi connectivity index (χ2n) is 7.18. The summed E-state index contributed by atoms with van der Waals surface area (Å²) in [5.74, 6) is -0.907. The summed E-state index contributed by atoms with van der Waals surface area (Å²) in [6.07, 6.45) is -1.26. The summed E-state index contributed by atoms with van der Waals surface area (Å²) in [5.41, 5.74) is 3.06. The number of fused-ring (bicyclic) bond motifs is 2. The minimum absolute atomic E-state index is 0.448. The molecule has 5 rings (SSSR count). The molecule has 1 aromatic heterocycles. The van der Waals surface area contributed by atoms with E-state index in [1.165, 1.54) is 42.5 Å². The Morgan fingerprint density at radius 2 is 1.55 bits per heavy atom. The van der Waals surface area contributed by atoms with Crippen molar-refractivity contribution < 1.29 is 22.0 Å². The average molecular weight is 424 g/mol. The van der Waals surface area contributed by atoms with Crippen LogP contribution in [0, 0.1) is 11.6 Å². The number of aromatic amines is 1. The van der Waals surface area contributed by atoms with Crippen LogP contribution in [0.25, 0.3) is 22.0 Å². The van der Waals surface area contributed by atoms with Crippen molar-refractivity contribution in [2.45, 2.75) is 6.18 Å². The number of allylic oxidation sites excluding steroid dienone is 1. The standard InChI is InChI=1S/C24H13F5N2/c25-15-5-7-21-17(9-15)19(11-30-21)23(13-1-3-14(4-2-13)24(27,28)29)20-12-31-22-8-6-16(26)10-18(20)22/h1-12,30H/b23-20-. The van der Waals surface area contributed by atoms with Crippen molar-refractivity contribution in [2.24, 2.45) is 4.99 Å². The van der Waals surface area contributed by atoms with Crippen molar-refractivity contribution in [3.05, 3.63) is 101 Å². The normalized spacial score (nSPS) is 14.9. The molecule has 154 valence electrons. The molecule has 2 heterocycles. The minimum atomic E-state index is -4.47. The summed E-state index contributed by atoms with van der Waals surface area (Å²) < 4.78 is 67.2. The maximum Gasteiger partial charge on any atom is 0.416 e. The topological polar surface area (TPSA) is 28.1 Å². The van der Waals surface area contributed by atoms with E-state index in [0.717, 1.165) is 12.1 Å². The van der Waals surface area contributed by atoms with Crippen LogP contribution >= 0.6 is 0 Å². The monoisotopic (exact) mass is 424 g/mol. The second kappa shape index (κ2) is 6.91. The van der Waals surface area contributed by atoms with Gasteiger partial charge in [-0.25, -0.2) is 8.78 Å². The van der Waals surface area contributed by atoms with Crippen molar-refractivity contribution in [1.29, 1.82) is 0 Å². The van der Waals surface area contributed by atoms with Crippen molar-refractivity contribution in [2.75, 3.05) is 0 Å². The Balaban J connectivity index is 1.80. The van der Waals surface area contributed by atoms with Gasteiger partial charge in [-0.2, -0.15) is 13.2 Å². The van der Waals surface area contributed by atoms with E-state index in [-0.39, 0.29) is 0 Å². The maximum atomic E-state index is 14.0. The third-order valence-corrected chi connectivity index (χ3v) is 5.26. The quantitative estimate of drug-likeness (QED) is 0.331. The zero-order chi connectivity index (χ0) is 21.8. The van der Waals surface area contributed by atoms with Crippen LogP contribution in [-0.2, 0) is 6.18 Å². The van der Waals surface area contributed by atoms with E-state index in [1.54, 1.807) is 18.5 Å². The van der Waals surface area contributed by atoms with E-state index in [0.29, 0.717) is 44.4 Å². The summed E-state index contributed by atoms with van der Waals surface area (Å²) in [4.78, 5) is 7.38. The number of hydrogen-bond donors (Lipinski definition) is 1. The number of halogens is 5. The maximum absolute atomic E-state index is 14.0. The minimum Gasteiger partial charge on any atom is -0.361 e. The van der Waals surface area contributed by atoms with Crippen LogP contribution in [0.15, 0.2) is 71.9 Å². The molecule has 1 aliphatic heterocycles. The summed E-state index contributed by atoms with van der Waals surface area (Å²) in [6.45, 7) is 0. The lowest BCUT2D eigenvalue weighted by Gasteiger charge is -2.14. The highest BCUT2D eigenvalue weighted by atomic mass is 19.4. The molecule has 2 nitrogen and oxygen atoms in total. The molecule has 0 saturated heterocycles. The van der Waals surface area contributed by atoms with Gasteiger partial charge in [0.05, 0.1) is 11.3 Å². The van der Waals surface area contributed by atoms with E-state index in [2.05, 4.69) is 9.98 Å². The lowest BCUT2D eigenvalue weighted by molar-refractivity contribution is -0.137. The van der Waals surface area contributed by atoms with Crippen LogP contribution in [0.3, 0.4) is 0 Å². The van der Waals surface area contributed by atoms with Crippen LogP contribution in [0.5, 0.6) is 0 Å². The molecule has 4 aromatic rings. The van der Waals surface area contributed by atoms with Gasteiger partial charge in [0.15, 0.2) is 0 Å². The highest BCUT2D eigenvalue weighted by molar-refractivity contribution is 6.27. The van der Waals surface area contributed by atoms with Gasteiger partial charge in [0, 0.05) is 45.6 Å². The van der Waals surface area contributed by atoms with E-state index in [9.17, 15) is 22.0 Å². The first-order chi connectivity index (χ1) is 14.8.